The van der Waals surface area contributed by atoms with E-state index in [4.69, 9.17) is 0 Å². The molecule has 2 aromatic carbocycles. The number of carbonyl (C=O) groups excluding carboxylic acids is 1. The minimum absolute atomic E-state index is 0. The molecule has 2 rings (SSSR count). The number of benzene rings is 2. The molecule has 102 valence electrons. The number of hydrogen-bond donors (Lipinski definition) is 2. The van der Waals surface area contributed by atoms with E-state index in [1.54, 1.807) is 19.1 Å². The second-order valence-corrected chi connectivity index (χ2v) is 4.07. The first-order valence-electron chi connectivity index (χ1n) is 5.68. The van der Waals surface area contributed by atoms with Crippen LogP contribution in [0, 0.1) is 0 Å². The normalized spacial score (nSPS) is 11.5. The fraction of sp³-hybridized carbons (Fsp3) is 0.214. The first-order chi connectivity index (χ1) is 8.63. The van der Waals surface area contributed by atoms with Gasteiger partial charge in [0.25, 0.3) is 0 Å². The fourth-order valence-electron chi connectivity index (χ4n) is 1.89. The minimum Gasteiger partial charge on any atom is -0.507 e. The third-order valence-electron chi connectivity index (χ3n) is 2.83. The van der Waals surface area contributed by atoms with Crippen molar-refractivity contribution in [1.29, 1.82) is 0 Å². The predicted molar refractivity (Wildman–Crippen MR) is 78.0 cm³/mol. The quantitative estimate of drug-likeness (QED) is 0.849. The van der Waals surface area contributed by atoms with Crippen molar-refractivity contribution < 1.29 is 14.6 Å². The van der Waals surface area contributed by atoms with E-state index in [2.05, 4.69) is 10.1 Å². The lowest BCUT2D eigenvalue weighted by molar-refractivity contribution is -0.141. The SMILES string of the molecule is COC(=O)C(C)Nc1cccc2c(O)cccc12.Cl. The molecule has 0 bridgehead atoms. The van der Waals surface area contributed by atoms with Crippen LogP contribution in [0.2, 0.25) is 0 Å². The van der Waals surface area contributed by atoms with Crippen LogP contribution in [-0.4, -0.2) is 24.2 Å². The van der Waals surface area contributed by atoms with Crippen LogP contribution in [-0.2, 0) is 9.53 Å². The van der Waals surface area contributed by atoms with E-state index in [1.165, 1.54) is 7.11 Å². The highest BCUT2D eigenvalue weighted by Gasteiger charge is 2.14. The van der Waals surface area contributed by atoms with Crippen LogP contribution >= 0.6 is 12.4 Å². The Kier molecular flexibility index (Phi) is 5.01. The average Bonchev–Trinajstić information content (AvgIpc) is 2.39. The molecule has 0 heterocycles. The molecule has 1 atom stereocenters. The summed E-state index contributed by atoms with van der Waals surface area (Å²) in [5.41, 5.74) is 0.793. The summed E-state index contributed by atoms with van der Waals surface area (Å²) in [6, 6.07) is 10.4. The molecule has 4 nitrogen and oxygen atoms in total. The number of fused-ring (bicyclic) bond motifs is 1. The number of phenolic OH excluding ortho intramolecular Hbond substituents is 1. The molecular formula is C14H16ClNO3. The summed E-state index contributed by atoms with van der Waals surface area (Å²) in [4.78, 5) is 11.4. The van der Waals surface area contributed by atoms with Crippen LogP contribution in [0.25, 0.3) is 10.8 Å². The van der Waals surface area contributed by atoms with Crippen molar-refractivity contribution in [1.82, 2.24) is 0 Å². The molecule has 0 aliphatic heterocycles. The molecule has 5 heteroatoms. The van der Waals surface area contributed by atoms with Crippen LogP contribution < -0.4 is 5.32 Å². The molecule has 0 saturated heterocycles. The number of aromatic hydroxyl groups is 1. The van der Waals surface area contributed by atoms with Crippen molar-refractivity contribution in [2.75, 3.05) is 12.4 Å². The van der Waals surface area contributed by atoms with Gasteiger partial charge in [-0.2, -0.15) is 0 Å². The Morgan fingerprint density at radius 2 is 1.84 bits per heavy atom. The van der Waals surface area contributed by atoms with Gasteiger partial charge in [-0.25, -0.2) is 4.79 Å². The lowest BCUT2D eigenvalue weighted by atomic mass is 10.1. The minimum atomic E-state index is -0.442. The van der Waals surface area contributed by atoms with Crippen LogP contribution in [0.4, 0.5) is 5.69 Å². The fourth-order valence-corrected chi connectivity index (χ4v) is 1.89. The summed E-state index contributed by atoms with van der Waals surface area (Å²) < 4.78 is 4.67. The number of methoxy groups -OCH3 is 1. The highest BCUT2D eigenvalue weighted by molar-refractivity contribution is 5.98. The number of esters is 1. The van der Waals surface area contributed by atoms with Crippen molar-refractivity contribution in [3.8, 4) is 5.75 Å². The van der Waals surface area contributed by atoms with E-state index in [-0.39, 0.29) is 24.1 Å². The van der Waals surface area contributed by atoms with Gasteiger partial charge in [0.05, 0.1) is 7.11 Å². The molecule has 2 N–H and O–H groups in total. The van der Waals surface area contributed by atoms with E-state index in [1.807, 2.05) is 24.3 Å². The van der Waals surface area contributed by atoms with Crippen molar-refractivity contribution in [2.45, 2.75) is 13.0 Å². The molecule has 2 aromatic rings. The molecule has 0 spiro atoms. The molecule has 0 amide bonds. The Bertz CT molecular complexity index is 586. The number of nitrogens with one attached hydrogen (secondary N) is 1. The standard InChI is InChI=1S/C14H15NO3.ClH/c1-9(14(17)18-2)15-12-7-3-6-11-10(12)5-4-8-13(11)16;/h3-9,15-16H,1-2H3;1H. The van der Waals surface area contributed by atoms with Crippen LogP contribution in [0.1, 0.15) is 6.92 Å². The van der Waals surface area contributed by atoms with Crippen LogP contribution in [0.5, 0.6) is 5.75 Å². The Balaban J connectivity index is 0.00000180. The number of anilines is 1. The highest BCUT2D eigenvalue weighted by Crippen LogP contribution is 2.30. The van der Waals surface area contributed by atoms with Gasteiger partial charge in [-0.15, -0.1) is 12.4 Å². The van der Waals surface area contributed by atoms with Gasteiger partial charge in [-0.3, -0.25) is 0 Å². The number of ether oxygens (including phenoxy) is 1. The van der Waals surface area contributed by atoms with Gasteiger partial charge >= 0.3 is 5.97 Å². The van der Waals surface area contributed by atoms with E-state index in [0.717, 1.165) is 16.5 Å². The van der Waals surface area contributed by atoms with E-state index >= 15 is 0 Å². The Morgan fingerprint density at radius 1 is 1.21 bits per heavy atom. The Labute approximate surface area is 117 Å². The number of carbonyl (C=O) groups is 1. The van der Waals surface area contributed by atoms with Crippen molar-refractivity contribution in [3.63, 3.8) is 0 Å². The monoisotopic (exact) mass is 281 g/mol. The van der Waals surface area contributed by atoms with Gasteiger partial charge in [-0.05, 0) is 19.1 Å². The van der Waals surface area contributed by atoms with E-state index < -0.39 is 6.04 Å². The van der Waals surface area contributed by atoms with Gasteiger partial charge in [0.15, 0.2) is 0 Å². The summed E-state index contributed by atoms with van der Waals surface area (Å²) >= 11 is 0. The third kappa shape index (κ3) is 3.09. The highest BCUT2D eigenvalue weighted by atomic mass is 35.5. The Morgan fingerprint density at radius 3 is 2.53 bits per heavy atom. The first-order valence-corrected chi connectivity index (χ1v) is 5.68. The molecule has 0 aliphatic rings. The summed E-state index contributed by atoms with van der Waals surface area (Å²) in [6.07, 6.45) is 0. The lowest BCUT2D eigenvalue weighted by Crippen LogP contribution is -2.27. The maximum Gasteiger partial charge on any atom is 0.327 e. The topological polar surface area (TPSA) is 58.6 Å². The number of halogens is 1. The molecule has 0 saturated carbocycles. The predicted octanol–water partition coefficient (Wildman–Crippen LogP) is 2.94. The number of hydrogen-bond acceptors (Lipinski definition) is 4. The zero-order chi connectivity index (χ0) is 13.1. The zero-order valence-electron chi connectivity index (χ0n) is 10.7. The number of rotatable bonds is 3. The second-order valence-electron chi connectivity index (χ2n) is 4.07. The van der Waals surface area contributed by atoms with Gasteiger partial charge < -0.3 is 15.2 Å². The van der Waals surface area contributed by atoms with Crippen LogP contribution in [0.15, 0.2) is 36.4 Å². The van der Waals surface area contributed by atoms with Crippen molar-refractivity contribution in [3.05, 3.63) is 36.4 Å². The van der Waals surface area contributed by atoms with Crippen LogP contribution in [0.3, 0.4) is 0 Å². The van der Waals surface area contributed by atoms with Crippen molar-refractivity contribution >= 4 is 34.8 Å². The summed E-state index contributed by atoms with van der Waals surface area (Å²) in [5, 5.41) is 14.5. The summed E-state index contributed by atoms with van der Waals surface area (Å²) in [6.45, 7) is 1.73. The molecule has 0 radical (unpaired) electrons. The summed E-state index contributed by atoms with van der Waals surface area (Å²) in [7, 11) is 1.36. The third-order valence-corrected chi connectivity index (χ3v) is 2.83. The van der Waals surface area contributed by atoms with Gasteiger partial charge in [0.1, 0.15) is 11.8 Å². The average molecular weight is 282 g/mol. The smallest absolute Gasteiger partial charge is 0.327 e. The van der Waals surface area contributed by atoms with E-state index in [0.29, 0.717) is 0 Å². The molecule has 0 fully saturated rings. The molecule has 19 heavy (non-hydrogen) atoms. The Hall–Kier alpha value is -1.94. The lowest BCUT2D eigenvalue weighted by Gasteiger charge is -2.15. The zero-order valence-corrected chi connectivity index (χ0v) is 11.5. The van der Waals surface area contributed by atoms with Crippen molar-refractivity contribution in [2.24, 2.45) is 0 Å². The largest absolute Gasteiger partial charge is 0.507 e. The maximum atomic E-state index is 11.4. The molecule has 1 unspecified atom stereocenters. The maximum absolute atomic E-state index is 11.4. The van der Waals surface area contributed by atoms with Gasteiger partial charge in [0, 0.05) is 16.5 Å². The van der Waals surface area contributed by atoms with Gasteiger partial charge in [-0.1, -0.05) is 24.3 Å². The molecule has 0 aromatic heterocycles. The molecule has 0 aliphatic carbocycles. The molecular weight excluding hydrogens is 266 g/mol. The van der Waals surface area contributed by atoms with E-state index in [9.17, 15) is 9.90 Å². The second kappa shape index (κ2) is 6.29. The number of phenols is 1. The first kappa shape index (κ1) is 15.1. The summed E-state index contributed by atoms with van der Waals surface area (Å²) in [5.74, 6) is -0.103. The van der Waals surface area contributed by atoms with Gasteiger partial charge in [0.2, 0.25) is 0 Å².